The summed E-state index contributed by atoms with van der Waals surface area (Å²) in [5, 5.41) is 8.72. The number of carboxylic acid groups (broad SMARTS) is 1. The van der Waals surface area contributed by atoms with Crippen molar-refractivity contribution in [3.8, 4) is 0 Å². The van der Waals surface area contributed by atoms with E-state index in [9.17, 15) is 9.59 Å². The molecule has 0 aliphatic carbocycles. The second-order valence-electron chi connectivity index (χ2n) is 5.23. The van der Waals surface area contributed by atoms with E-state index >= 15 is 0 Å². The summed E-state index contributed by atoms with van der Waals surface area (Å²) in [7, 11) is 0. The fourth-order valence-electron chi connectivity index (χ4n) is 1.36. The van der Waals surface area contributed by atoms with Gasteiger partial charge in [-0.15, -0.1) is 0 Å². The zero-order chi connectivity index (χ0) is 12.9. The molecule has 0 saturated carbocycles. The lowest BCUT2D eigenvalue weighted by atomic mass is 10.0. The van der Waals surface area contributed by atoms with Crippen LogP contribution in [-0.4, -0.2) is 40.5 Å². The van der Waals surface area contributed by atoms with E-state index in [2.05, 4.69) is 0 Å². The minimum Gasteiger partial charge on any atom is -0.480 e. The molecule has 0 heterocycles. The molecule has 0 aliphatic rings. The summed E-state index contributed by atoms with van der Waals surface area (Å²) in [6, 6.07) is 0. The standard InChI is InChI=1S/C11H22N2O3/c1-8(2)6-13(7-10(15)16)9(14)5-11(3,4)12/h8H,5-7,12H2,1-4H3,(H,15,16). The smallest absolute Gasteiger partial charge is 0.323 e. The van der Waals surface area contributed by atoms with Gasteiger partial charge < -0.3 is 15.7 Å². The van der Waals surface area contributed by atoms with E-state index in [4.69, 9.17) is 10.8 Å². The Balaban J connectivity index is 4.49. The molecule has 16 heavy (non-hydrogen) atoms. The quantitative estimate of drug-likeness (QED) is 0.703. The Morgan fingerprint density at radius 2 is 1.88 bits per heavy atom. The van der Waals surface area contributed by atoms with Gasteiger partial charge in [0.15, 0.2) is 0 Å². The van der Waals surface area contributed by atoms with Crippen LogP contribution in [0.2, 0.25) is 0 Å². The van der Waals surface area contributed by atoms with E-state index in [-0.39, 0.29) is 24.8 Å². The van der Waals surface area contributed by atoms with Crippen molar-refractivity contribution in [2.24, 2.45) is 11.7 Å². The highest BCUT2D eigenvalue weighted by molar-refractivity contribution is 5.82. The normalized spacial score (nSPS) is 11.6. The molecule has 0 radical (unpaired) electrons. The van der Waals surface area contributed by atoms with Crippen LogP contribution >= 0.6 is 0 Å². The molecule has 0 rings (SSSR count). The van der Waals surface area contributed by atoms with Gasteiger partial charge in [0.05, 0.1) is 0 Å². The van der Waals surface area contributed by atoms with Gasteiger partial charge in [0, 0.05) is 18.5 Å². The lowest BCUT2D eigenvalue weighted by molar-refractivity contribution is -0.145. The summed E-state index contributed by atoms with van der Waals surface area (Å²) in [4.78, 5) is 23.8. The maximum atomic E-state index is 11.8. The van der Waals surface area contributed by atoms with E-state index < -0.39 is 11.5 Å². The molecule has 0 aliphatic heterocycles. The number of carbonyl (C=O) groups excluding carboxylic acids is 1. The fourth-order valence-corrected chi connectivity index (χ4v) is 1.36. The summed E-state index contributed by atoms with van der Waals surface area (Å²) in [6.07, 6.45) is 0.160. The largest absolute Gasteiger partial charge is 0.480 e. The average molecular weight is 230 g/mol. The van der Waals surface area contributed by atoms with Crippen molar-refractivity contribution in [3.63, 3.8) is 0 Å². The maximum Gasteiger partial charge on any atom is 0.323 e. The van der Waals surface area contributed by atoms with Crippen LogP contribution in [0.15, 0.2) is 0 Å². The molecule has 5 heteroatoms. The predicted octanol–water partition coefficient (Wildman–Crippen LogP) is 0.683. The first-order valence-electron chi connectivity index (χ1n) is 5.40. The Hall–Kier alpha value is -1.10. The maximum absolute atomic E-state index is 11.8. The highest BCUT2D eigenvalue weighted by Crippen LogP contribution is 2.09. The van der Waals surface area contributed by atoms with E-state index in [0.717, 1.165) is 0 Å². The van der Waals surface area contributed by atoms with Crippen molar-refractivity contribution in [3.05, 3.63) is 0 Å². The number of rotatable bonds is 6. The predicted molar refractivity (Wildman–Crippen MR) is 61.9 cm³/mol. The Labute approximate surface area is 96.6 Å². The fraction of sp³-hybridized carbons (Fsp3) is 0.818. The molecule has 0 bridgehead atoms. The summed E-state index contributed by atoms with van der Waals surface area (Å²) in [6.45, 7) is 7.57. The van der Waals surface area contributed by atoms with Gasteiger partial charge >= 0.3 is 5.97 Å². The van der Waals surface area contributed by atoms with Crippen LogP contribution in [0, 0.1) is 5.92 Å². The van der Waals surface area contributed by atoms with Crippen molar-refractivity contribution in [1.82, 2.24) is 4.90 Å². The number of nitrogens with zero attached hydrogens (tertiary/aromatic N) is 1. The lowest BCUT2D eigenvalue weighted by Crippen LogP contribution is -2.44. The summed E-state index contributed by atoms with van der Waals surface area (Å²) < 4.78 is 0. The van der Waals surface area contributed by atoms with Crippen molar-refractivity contribution in [1.29, 1.82) is 0 Å². The minimum absolute atomic E-state index is 0.160. The van der Waals surface area contributed by atoms with Gasteiger partial charge in [-0.05, 0) is 19.8 Å². The molecule has 0 unspecified atom stereocenters. The molecular weight excluding hydrogens is 208 g/mol. The molecule has 0 fully saturated rings. The van der Waals surface area contributed by atoms with Gasteiger partial charge in [0.1, 0.15) is 6.54 Å². The zero-order valence-corrected chi connectivity index (χ0v) is 10.5. The number of hydrogen-bond acceptors (Lipinski definition) is 3. The first-order chi connectivity index (χ1) is 7.11. The molecule has 5 nitrogen and oxygen atoms in total. The highest BCUT2D eigenvalue weighted by atomic mass is 16.4. The van der Waals surface area contributed by atoms with Gasteiger partial charge in [0.2, 0.25) is 5.91 Å². The van der Waals surface area contributed by atoms with Gasteiger partial charge in [0.25, 0.3) is 0 Å². The highest BCUT2D eigenvalue weighted by Gasteiger charge is 2.23. The third-order valence-corrected chi connectivity index (χ3v) is 1.87. The van der Waals surface area contributed by atoms with Crippen LogP contribution in [-0.2, 0) is 9.59 Å². The van der Waals surface area contributed by atoms with Gasteiger partial charge in [-0.25, -0.2) is 0 Å². The van der Waals surface area contributed by atoms with Gasteiger partial charge in [-0.2, -0.15) is 0 Å². The number of nitrogens with two attached hydrogens (primary N) is 1. The van der Waals surface area contributed by atoms with Crippen molar-refractivity contribution in [2.45, 2.75) is 39.7 Å². The number of amides is 1. The third kappa shape index (κ3) is 7.23. The molecular formula is C11H22N2O3. The Morgan fingerprint density at radius 3 is 2.19 bits per heavy atom. The summed E-state index contributed by atoms with van der Waals surface area (Å²) >= 11 is 0. The summed E-state index contributed by atoms with van der Waals surface area (Å²) in [5.41, 5.74) is 5.13. The van der Waals surface area contributed by atoms with E-state index in [1.807, 2.05) is 13.8 Å². The van der Waals surface area contributed by atoms with Crippen LogP contribution in [0.4, 0.5) is 0 Å². The average Bonchev–Trinajstić information content (AvgIpc) is 1.97. The van der Waals surface area contributed by atoms with E-state index in [0.29, 0.717) is 6.54 Å². The molecule has 0 aromatic carbocycles. The van der Waals surface area contributed by atoms with Crippen LogP contribution in [0.1, 0.15) is 34.1 Å². The Morgan fingerprint density at radius 1 is 1.38 bits per heavy atom. The Kier molecular flexibility index (Phi) is 5.44. The Bertz CT molecular complexity index is 256. The van der Waals surface area contributed by atoms with Crippen LogP contribution in [0.25, 0.3) is 0 Å². The third-order valence-electron chi connectivity index (χ3n) is 1.87. The second kappa shape index (κ2) is 5.84. The molecule has 0 aromatic heterocycles. The summed E-state index contributed by atoms with van der Waals surface area (Å²) in [5.74, 6) is -0.961. The number of aliphatic carboxylic acids is 1. The van der Waals surface area contributed by atoms with Crippen molar-refractivity contribution < 1.29 is 14.7 Å². The number of carbonyl (C=O) groups is 2. The molecule has 0 spiro atoms. The first-order valence-corrected chi connectivity index (χ1v) is 5.40. The molecule has 0 atom stereocenters. The van der Waals surface area contributed by atoms with Gasteiger partial charge in [-0.3, -0.25) is 9.59 Å². The lowest BCUT2D eigenvalue weighted by Gasteiger charge is -2.26. The zero-order valence-electron chi connectivity index (χ0n) is 10.5. The minimum atomic E-state index is -0.996. The topological polar surface area (TPSA) is 83.6 Å². The van der Waals surface area contributed by atoms with Crippen LogP contribution in [0.5, 0.6) is 0 Å². The molecule has 0 saturated heterocycles. The number of carboxylic acids is 1. The molecule has 3 N–H and O–H groups in total. The van der Waals surface area contributed by atoms with E-state index in [1.54, 1.807) is 13.8 Å². The first kappa shape index (κ1) is 14.9. The van der Waals surface area contributed by atoms with E-state index in [1.165, 1.54) is 4.90 Å². The van der Waals surface area contributed by atoms with Crippen molar-refractivity contribution >= 4 is 11.9 Å². The monoisotopic (exact) mass is 230 g/mol. The second-order valence-corrected chi connectivity index (χ2v) is 5.23. The van der Waals surface area contributed by atoms with Gasteiger partial charge in [-0.1, -0.05) is 13.8 Å². The van der Waals surface area contributed by atoms with Crippen molar-refractivity contribution in [2.75, 3.05) is 13.1 Å². The van der Waals surface area contributed by atoms with Crippen LogP contribution < -0.4 is 5.73 Å². The molecule has 94 valence electrons. The van der Waals surface area contributed by atoms with Crippen LogP contribution in [0.3, 0.4) is 0 Å². The SMILES string of the molecule is CC(C)CN(CC(=O)O)C(=O)CC(C)(C)N. The molecule has 1 amide bonds. The number of hydrogen-bond donors (Lipinski definition) is 2. The molecule has 0 aromatic rings.